The number of ketones is 1. The third-order valence-electron chi connectivity index (χ3n) is 2.81. The number of hydrogen-bond acceptors (Lipinski definition) is 4. The first-order valence-electron chi connectivity index (χ1n) is 5.60. The van der Waals surface area contributed by atoms with Gasteiger partial charge in [-0.3, -0.25) is 9.35 Å². The summed E-state index contributed by atoms with van der Waals surface area (Å²) in [5.41, 5.74) is 6.16. The van der Waals surface area contributed by atoms with E-state index in [1.807, 2.05) is 37.3 Å². The Bertz CT molecular complexity index is 498. The molecule has 2 atom stereocenters. The highest BCUT2D eigenvalue weighted by Gasteiger charge is 2.30. The Hall–Kier alpha value is -1.24. The smallest absolute Gasteiger partial charge is 0.276 e. The average molecular weight is 271 g/mol. The molecule has 0 spiro atoms. The molecular weight excluding hydrogens is 254 g/mol. The van der Waals surface area contributed by atoms with Gasteiger partial charge in [0.15, 0.2) is 11.0 Å². The lowest BCUT2D eigenvalue weighted by Gasteiger charge is -2.14. The van der Waals surface area contributed by atoms with Crippen molar-refractivity contribution in [3.8, 4) is 0 Å². The Morgan fingerprint density at radius 2 is 1.89 bits per heavy atom. The van der Waals surface area contributed by atoms with Crippen LogP contribution in [-0.2, 0) is 14.9 Å². The largest absolute Gasteiger partial charge is 0.329 e. The van der Waals surface area contributed by atoms with E-state index in [2.05, 4.69) is 0 Å². The van der Waals surface area contributed by atoms with E-state index < -0.39 is 27.7 Å². The van der Waals surface area contributed by atoms with Gasteiger partial charge >= 0.3 is 0 Å². The fraction of sp³-hybridized carbons (Fsp3) is 0.417. The van der Waals surface area contributed by atoms with Gasteiger partial charge in [-0.25, -0.2) is 0 Å². The van der Waals surface area contributed by atoms with Crippen molar-refractivity contribution in [3.63, 3.8) is 0 Å². The van der Waals surface area contributed by atoms with Gasteiger partial charge in [-0.2, -0.15) is 8.42 Å². The van der Waals surface area contributed by atoms with E-state index in [9.17, 15) is 13.2 Å². The molecule has 0 bridgehead atoms. The topological polar surface area (TPSA) is 97.5 Å². The van der Waals surface area contributed by atoms with Gasteiger partial charge in [-0.15, -0.1) is 0 Å². The summed E-state index contributed by atoms with van der Waals surface area (Å²) in [6.45, 7) is 1.42. The van der Waals surface area contributed by atoms with Crippen molar-refractivity contribution in [2.45, 2.75) is 24.5 Å². The molecule has 18 heavy (non-hydrogen) atoms. The predicted octanol–water partition coefficient (Wildman–Crippen LogP) is 0.964. The standard InChI is InChI=1S/C12H17NO4S/c1-9(10-5-3-2-4-6-10)7-11(14)12(8-13)18(15,16)17/h2-6,9,12H,7-8,13H2,1H3,(H,15,16,17). The maximum absolute atomic E-state index is 11.8. The molecule has 6 heteroatoms. The van der Waals surface area contributed by atoms with Crippen molar-refractivity contribution in [1.29, 1.82) is 0 Å². The van der Waals surface area contributed by atoms with Crippen LogP contribution in [0.15, 0.2) is 30.3 Å². The zero-order chi connectivity index (χ0) is 13.8. The van der Waals surface area contributed by atoms with Crippen LogP contribution in [0, 0.1) is 0 Å². The fourth-order valence-corrected chi connectivity index (χ4v) is 2.42. The molecule has 0 aliphatic rings. The van der Waals surface area contributed by atoms with E-state index in [1.54, 1.807) is 0 Å². The molecule has 0 radical (unpaired) electrons. The summed E-state index contributed by atoms with van der Waals surface area (Å²) < 4.78 is 30.9. The Morgan fingerprint density at radius 3 is 2.33 bits per heavy atom. The van der Waals surface area contributed by atoms with Gasteiger partial charge < -0.3 is 5.73 Å². The summed E-state index contributed by atoms with van der Waals surface area (Å²) in [6.07, 6.45) is 0.0334. The Morgan fingerprint density at radius 1 is 1.33 bits per heavy atom. The van der Waals surface area contributed by atoms with Crippen molar-refractivity contribution >= 4 is 15.9 Å². The Labute approximate surface area is 107 Å². The molecule has 2 unspecified atom stereocenters. The highest BCUT2D eigenvalue weighted by molar-refractivity contribution is 7.87. The third kappa shape index (κ3) is 3.90. The summed E-state index contributed by atoms with van der Waals surface area (Å²) in [7, 11) is -4.42. The highest BCUT2D eigenvalue weighted by Crippen LogP contribution is 2.20. The lowest BCUT2D eigenvalue weighted by molar-refractivity contribution is -0.118. The average Bonchev–Trinajstić information content (AvgIpc) is 2.29. The molecule has 1 aromatic carbocycles. The molecule has 5 nitrogen and oxygen atoms in total. The zero-order valence-corrected chi connectivity index (χ0v) is 10.9. The van der Waals surface area contributed by atoms with E-state index in [0.29, 0.717) is 0 Å². The second-order valence-electron chi connectivity index (χ2n) is 4.22. The molecule has 0 saturated carbocycles. The summed E-state index contributed by atoms with van der Waals surface area (Å²) in [4.78, 5) is 11.8. The van der Waals surface area contributed by atoms with E-state index in [1.165, 1.54) is 0 Å². The van der Waals surface area contributed by atoms with E-state index in [4.69, 9.17) is 10.3 Å². The molecule has 1 aromatic rings. The molecule has 0 heterocycles. The lowest BCUT2D eigenvalue weighted by Crippen LogP contribution is -2.37. The molecule has 100 valence electrons. The number of hydrogen-bond donors (Lipinski definition) is 2. The fourth-order valence-electron chi connectivity index (χ4n) is 1.75. The summed E-state index contributed by atoms with van der Waals surface area (Å²) in [5, 5.41) is -1.52. The number of carbonyl (C=O) groups is 1. The van der Waals surface area contributed by atoms with Crippen LogP contribution < -0.4 is 5.73 Å². The van der Waals surface area contributed by atoms with Crippen molar-refractivity contribution < 1.29 is 17.8 Å². The first kappa shape index (κ1) is 14.8. The first-order chi connectivity index (χ1) is 8.36. The van der Waals surface area contributed by atoms with Crippen LogP contribution in [0.5, 0.6) is 0 Å². The quantitative estimate of drug-likeness (QED) is 0.751. The number of rotatable bonds is 6. The van der Waals surface area contributed by atoms with Gasteiger partial charge in [0.1, 0.15) is 0 Å². The molecule has 3 N–H and O–H groups in total. The van der Waals surface area contributed by atoms with Crippen LogP contribution in [0.4, 0.5) is 0 Å². The third-order valence-corrected chi connectivity index (χ3v) is 3.98. The van der Waals surface area contributed by atoms with Gasteiger partial charge in [0.05, 0.1) is 0 Å². The van der Waals surface area contributed by atoms with Crippen LogP contribution >= 0.6 is 0 Å². The normalized spacial score (nSPS) is 15.1. The Balaban J connectivity index is 2.76. The molecule has 0 aromatic heterocycles. The number of Topliss-reactive ketones (excluding diaryl/α,β-unsaturated/α-hetero) is 1. The van der Waals surface area contributed by atoms with Gasteiger partial charge in [-0.05, 0) is 11.5 Å². The number of benzene rings is 1. The highest BCUT2D eigenvalue weighted by atomic mass is 32.2. The second kappa shape index (κ2) is 6.08. The maximum Gasteiger partial charge on any atom is 0.276 e. The summed E-state index contributed by atoms with van der Waals surface area (Å²) >= 11 is 0. The molecule has 0 amide bonds. The van der Waals surface area contributed by atoms with Gasteiger partial charge in [0.25, 0.3) is 10.1 Å². The van der Waals surface area contributed by atoms with Crippen LogP contribution in [0.2, 0.25) is 0 Å². The van der Waals surface area contributed by atoms with Crippen LogP contribution in [-0.4, -0.2) is 30.5 Å². The minimum absolute atomic E-state index is 0.0334. The zero-order valence-electron chi connectivity index (χ0n) is 10.1. The van der Waals surface area contributed by atoms with E-state index in [0.717, 1.165) is 5.56 Å². The lowest BCUT2D eigenvalue weighted by atomic mass is 9.95. The summed E-state index contributed by atoms with van der Waals surface area (Å²) in [5.74, 6) is -0.675. The monoisotopic (exact) mass is 271 g/mol. The van der Waals surface area contributed by atoms with Gasteiger partial charge in [-0.1, -0.05) is 37.3 Å². The van der Waals surface area contributed by atoms with E-state index >= 15 is 0 Å². The second-order valence-corrected chi connectivity index (χ2v) is 5.82. The minimum Gasteiger partial charge on any atom is -0.329 e. The van der Waals surface area contributed by atoms with Crippen LogP contribution in [0.3, 0.4) is 0 Å². The molecular formula is C12H17NO4S. The minimum atomic E-state index is -4.42. The van der Waals surface area contributed by atoms with Gasteiger partial charge in [0, 0.05) is 13.0 Å². The van der Waals surface area contributed by atoms with Crippen molar-refractivity contribution in [2.75, 3.05) is 6.54 Å². The van der Waals surface area contributed by atoms with Crippen molar-refractivity contribution in [1.82, 2.24) is 0 Å². The number of carbonyl (C=O) groups excluding carboxylic acids is 1. The van der Waals surface area contributed by atoms with Crippen molar-refractivity contribution in [3.05, 3.63) is 35.9 Å². The van der Waals surface area contributed by atoms with Crippen molar-refractivity contribution in [2.24, 2.45) is 5.73 Å². The number of nitrogens with two attached hydrogens (primary N) is 1. The Kier molecular flexibility index (Phi) is 5.01. The van der Waals surface area contributed by atoms with Crippen LogP contribution in [0.25, 0.3) is 0 Å². The molecule has 0 aliphatic carbocycles. The van der Waals surface area contributed by atoms with Crippen LogP contribution in [0.1, 0.15) is 24.8 Å². The summed E-state index contributed by atoms with van der Waals surface area (Å²) in [6, 6.07) is 9.28. The predicted molar refractivity (Wildman–Crippen MR) is 68.9 cm³/mol. The SMILES string of the molecule is CC(CC(=O)C(CN)S(=O)(=O)O)c1ccccc1. The maximum atomic E-state index is 11.8. The molecule has 0 aliphatic heterocycles. The molecule has 0 saturated heterocycles. The van der Waals surface area contributed by atoms with Gasteiger partial charge in [0.2, 0.25) is 0 Å². The van der Waals surface area contributed by atoms with E-state index in [-0.39, 0.29) is 12.3 Å². The molecule has 1 rings (SSSR count). The first-order valence-corrected chi connectivity index (χ1v) is 7.10. The molecule has 0 fully saturated rings.